The molecule has 11 aromatic rings. The first-order valence-corrected chi connectivity index (χ1v) is 19.3. The summed E-state index contributed by atoms with van der Waals surface area (Å²) in [6.07, 6.45) is 0. The lowest BCUT2D eigenvalue weighted by atomic mass is 9.97. The average Bonchev–Trinajstić information content (AvgIpc) is 3.62. The molecule has 0 bridgehead atoms. The Balaban J connectivity index is 1.03. The minimum absolute atomic E-state index is 1.13. The van der Waals surface area contributed by atoms with Gasteiger partial charge in [-0.2, -0.15) is 0 Å². The number of anilines is 3. The molecular weight excluding hydrogens is 671 g/mol. The highest BCUT2D eigenvalue weighted by atomic mass is 32.1. The van der Waals surface area contributed by atoms with Crippen LogP contribution in [0.3, 0.4) is 0 Å². The molecule has 0 aliphatic heterocycles. The van der Waals surface area contributed by atoms with Crippen molar-refractivity contribution < 1.29 is 0 Å². The zero-order valence-corrected chi connectivity index (χ0v) is 30.2. The predicted molar refractivity (Wildman–Crippen MR) is 235 cm³/mol. The van der Waals surface area contributed by atoms with Crippen molar-refractivity contribution in [3.63, 3.8) is 0 Å². The molecule has 0 amide bonds. The third-order valence-corrected chi connectivity index (χ3v) is 12.2. The van der Waals surface area contributed by atoms with Gasteiger partial charge in [0.1, 0.15) is 0 Å². The largest absolute Gasteiger partial charge is 0.310 e. The van der Waals surface area contributed by atoms with Gasteiger partial charge in [0.05, 0.1) is 5.69 Å². The Morgan fingerprint density at radius 2 is 0.833 bits per heavy atom. The first kappa shape index (κ1) is 30.8. The summed E-state index contributed by atoms with van der Waals surface area (Å²) in [7, 11) is 0. The quantitative estimate of drug-likeness (QED) is 0.172. The molecule has 0 spiro atoms. The van der Waals surface area contributed by atoms with Crippen molar-refractivity contribution in [1.82, 2.24) is 0 Å². The Labute approximate surface area is 317 Å². The number of fused-ring (bicyclic) bond motifs is 8. The van der Waals surface area contributed by atoms with Crippen molar-refractivity contribution in [2.24, 2.45) is 0 Å². The number of nitrogens with zero attached hydrogens (tertiary/aromatic N) is 1. The van der Waals surface area contributed by atoms with Crippen LogP contribution in [0.1, 0.15) is 0 Å². The molecule has 54 heavy (non-hydrogen) atoms. The first-order chi connectivity index (χ1) is 26.7. The molecule has 1 aromatic heterocycles. The van der Waals surface area contributed by atoms with E-state index in [2.05, 4.69) is 205 Å². The van der Waals surface area contributed by atoms with E-state index in [-0.39, 0.29) is 0 Å². The zero-order chi connectivity index (χ0) is 35.6. The van der Waals surface area contributed by atoms with Crippen molar-refractivity contribution in [3.05, 3.63) is 200 Å². The highest BCUT2D eigenvalue weighted by Crippen LogP contribution is 2.45. The summed E-state index contributed by atoms with van der Waals surface area (Å²) < 4.78 is 2.65. The number of thiophene rings is 1. The molecule has 0 N–H and O–H groups in total. The van der Waals surface area contributed by atoms with Gasteiger partial charge < -0.3 is 4.90 Å². The van der Waals surface area contributed by atoms with Gasteiger partial charge in [-0.3, -0.25) is 0 Å². The second kappa shape index (κ2) is 12.4. The smallest absolute Gasteiger partial charge is 0.0540 e. The lowest BCUT2D eigenvalue weighted by molar-refractivity contribution is 1.31. The molecule has 0 radical (unpaired) electrons. The fourth-order valence-electron chi connectivity index (χ4n) is 8.24. The SMILES string of the molecule is c1ccc2cc(-c3ccc(-c4ccc5ccc(N(c6ccc7sc8c9ccccc9ccc8c7c6)c6cccc7ccccc67)cc5c4)cc3)ccc2c1. The van der Waals surface area contributed by atoms with Crippen molar-refractivity contribution >= 4 is 91.7 Å². The highest BCUT2D eigenvalue weighted by Gasteiger charge is 2.18. The van der Waals surface area contributed by atoms with Gasteiger partial charge in [-0.05, 0) is 108 Å². The third-order valence-electron chi connectivity index (χ3n) is 11.0. The van der Waals surface area contributed by atoms with Crippen LogP contribution in [-0.4, -0.2) is 0 Å². The van der Waals surface area contributed by atoms with Crippen LogP contribution in [0.4, 0.5) is 17.1 Å². The average molecular weight is 704 g/mol. The summed E-state index contributed by atoms with van der Waals surface area (Å²) in [5.74, 6) is 0. The van der Waals surface area contributed by atoms with E-state index in [4.69, 9.17) is 0 Å². The van der Waals surface area contributed by atoms with Crippen LogP contribution in [-0.2, 0) is 0 Å². The van der Waals surface area contributed by atoms with Gasteiger partial charge in [-0.1, -0.05) is 152 Å². The molecule has 0 atom stereocenters. The van der Waals surface area contributed by atoms with E-state index in [1.165, 1.54) is 85.5 Å². The standard InChI is InChI=1S/C52H33NS/c1-2-11-40-30-41(22-20-34(40)8-1)35-16-18-36(19-17-35)42-23-21-37-24-26-44(32-43(37)31-42)53(50-15-7-12-38-9-3-5-13-46(38)50)45-27-29-51-49(33-45)48-28-25-39-10-4-6-14-47(39)52(48)54-51/h1-33H. The minimum Gasteiger partial charge on any atom is -0.310 e. The highest BCUT2D eigenvalue weighted by molar-refractivity contribution is 7.26. The van der Waals surface area contributed by atoms with E-state index in [1.807, 2.05) is 11.3 Å². The van der Waals surface area contributed by atoms with Crippen LogP contribution in [0.5, 0.6) is 0 Å². The van der Waals surface area contributed by atoms with E-state index in [0.29, 0.717) is 0 Å². The Hall–Kier alpha value is -6.74. The Morgan fingerprint density at radius 1 is 0.296 bits per heavy atom. The molecular formula is C52H33NS. The Kier molecular flexibility index (Phi) is 7.11. The summed E-state index contributed by atoms with van der Waals surface area (Å²) in [5.41, 5.74) is 8.32. The molecule has 0 saturated heterocycles. The van der Waals surface area contributed by atoms with Crippen LogP contribution < -0.4 is 4.90 Å². The van der Waals surface area contributed by atoms with E-state index >= 15 is 0 Å². The number of hydrogen-bond donors (Lipinski definition) is 0. The molecule has 10 aromatic carbocycles. The number of rotatable bonds is 5. The topological polar surface area (TPSA) is 3.24 Å². The number of benzene rings is 10. The summed E-state index contributed by atoms with van der Waals surface area (Å²) in [6.45, 7) is 0. The molecule has 11 rings (SSSR count). The van der Waals surface area contributed by atoms with Gasteiger partial charge in [0, 0.05) is 36.9 Å². The maximum absolute atomic E-state index is 2.44. The van der Waals surface area contributed by atoms with E-state index < -0.39 is 0 Å². The predicted octanol–water partition coefficient (Wildman–Crippen LogP) is 15.5. The summed E-state index contributed by atoms with van der Waals surface area (Å²) in [4.78, 5) is 2.44. The Bertz CT molecular complexity index is 3220. The third kappa shape index (κ3) is 5.15. The van der Waals surface area contributed by atoms with Crippen molar-refractivity contribution in [2.45, 2.75) is 0 Å². The monoisotopic (exact) mass is 703 g/mol. The first-order valence-electron chi connectivity index (χ1n) is 18.5. The van der Waals surface area contributed by atoms with E-state index in [0.717, 1.165) is 17.1 Å². The minimum atomic E-state index is 1.13. The van der Waals surface area contributed by atoms with Gasteiger partial charge in [0.15, 0.2) is 0 Å². The van der Waals surface area contributed by atoms with Crippen LogP contribution in [0, 0.1) is 0 Å². The van der Waals surface area contributed by atoms with Crippen molar-refractivity contribution in [3.8, 4) is 22.3 Å². The molecule has 1 heterocycles. The lowest BCUT2D eigenvalue weighted by Gasteiger charge is -2.27. The number of hydrogen-bond acceptors (Lipinski definition) is 2. The van der Waals surface area contributed by atoms with Gasteiger partial charge in [-0.25, -0.2) is 0 Å². The second-order valence-electron chi connectivity index (χ2n) is 14.2. The Morgan fingerprint density at radius 3 is 1.61 bits per heavy atom. The fraction of sp³-hybridized carbons (Fsp3) is 0. The molecule has 0 saturated carbocycles. The molecule has 2 heteroatoms. The van der Waals surface area contributed by atoms with Crippen molar-refractivity contribution in [2.75, 3.05) is 4.90 Å². The molecule has 0 aliphatic rings. The van der Waals surface area contributed by atoms with Gasteiger partial charge in [-0.15, -0.1) is 11.3 Å². The van der Waals surface area contributed by atoms with Crippen LogP contribution in [0.25, 0.3) is 85.5 Å². The van der Waals surface area contributed by atoms with Gasteiger partial charge in [0.25, 0.3) is 0 Å². The zero-order valence-electron chi connectivity index (χ0n) is 29.4. The fourth-order valence-corrected chi connectivity index (χ4v) is 9.46. The molecule has 0 unspecified atom stereocenters. The lowest BCUT2D eigenvalue weighted by Crippen LogP contribution is -2.10. The van der Waals surface area contributed by atoms with Crippen molar-refractivity contribution in [1.29, 1.82) is 0 Å². The summed E-state index contributed by atoms with van der Waals surface area (Å²) >= 11 is 1.89. The maximum Gasteiger partial charge on any atom is 0.0540 e. The summed E-state index contributed by atoms with van der Waals surface area (Å²) in [5, 5.41) is 12.6. The summed E-state index contributed by atoms with van der Waals surface area (Å²) in [6, 6.07) is 73.6. The second-order valence-corrected chi connectivity index (χ2v) is 15.2. The molecule has 252 valence electrons. The van der Waals surface area contributed by atoms with Crippen LogP contribution in [0.15, 0.2) is 200 Å². The van der Waals surface area contributed by atoms with E-state index in [9.17, 15) is 0 Å². The molecule has 0 fully saturated rings. The maximum atomic E-state index is 2.44. The molecule has 0 aliphatic carbocycles. The van der Waals surface area contributed by atoms with Crippen LogP contribution >= 0.6 is 11.3 Å². The van der Waals surface area contributed by atoms with Crippen LogP contribution in [0.2, 0.25) is 0 Å². The van der Waals surface area contributed by atoms with Gasteiger partial charge in [0.2, 0.25) is 0 Å². The van der Waals surface area contributed by atoms with Gasteiger partial charge >= 0.3 is 0 Å². The van der Waals surface area contributed by atoms with E-state index in [1.54, 1.807) is 0 Å². The normalized spacial score (nSPS) is 11.7. The molecule has 1 nitrogen and oxygen atoms in total.